The minimum Gasteiger partial charge on any atom is -0.495 e. The second-order valence-electron chi connectivity index (χ2n) is 9.08. The lowest BCUT2D eigenvalue weighted by molar-refractivity contribution is 0.0746. The summed E-state index contributed by atoms with van der Waals surface area (Å²) in [5.74, 6) is 1.71. The smallest absolute Gasteiger partial charge is 0.255 e. The Hall–Kier alpha value is -4.19. The molecule has 1 amide bonds. The highest BCUT2D eigenvalue weighted by Crippen LogP contribution is 2.35. The predicted molar refractivity (Wildman–Crippen MR) is 148 cm³/mol. The van der Waals surface area contributed by atoms with E-state index in [2.05, 4.69) is 27.7 Å². The third-order valence-corrected chi connectivity index (χ3v) is 6.95. The summed E-state index contributed by atoms with van der Waals surface area (Å²) in [6.07, 6.45) is 0. The average molecular weight is 496 g/mol. The summed E-state index contributed by atoms with van der Waals surface area (Å²) in [5, 5.41) is 0. The number of methoxy groups -OCH3 is 1. The molecule has 0 saturated carbocycles. The predicted octanol–water partition coefficient (Wildman–Crippen LogP) is 5.82. The molecule has 0 unspecified atom stereocenters. The van der Waals surface area contributed by atoms with E-state index in [1.54, 1.807) is 7.11 Å². The lowest BCUT2D eigenvalue weighted by Gasteiger charge is -2.36. The number of carbonyl (C=O) groups excluding carboxylic acids is 1. The van der Waals surface area contributed by atoms with E-state index in [1.165, 1.54) is 0 Å². The number of hydrogen-bond acceptors (Lipinski definition) is 4. The summed E-state index contributed by atoms with van der Waals surface area (Å²) in [7, 11) is 1.69. The molecule has 1 aliphatic rings. The van der Waals surface area contributed by atoms with Crippen molar-refractivity contribution in [1.29, 1.82) is 0 Å². The van der Waals surface area contributed by atoms with Crippen LogP contribution in [0.2, 0.25) is 0 Å². The van der Waals surface area contributed by atoms with Gasteiger partial charge in [0.2, 0.25) is 0 Å². The largest absolute Gasteiger partial charge is 0.495 e. The molecule has 0 atom stereocenters. The summed E-state index contributed by atoms with van der Waals surface area (Å²) in [5.41, 5.74) is 5.65. The Kier molecular flexibility index (Phi) is 7.17. The van der Waals surface area contributed by atoms with Gasteiger partial charge in [-0.05, 0) is 49.7 Å². The second kappa shape index (κ2) is 10.8. The van der Waals surface area contributed by atoms with Gasteiger partial charge < -0.3 is 23.8 Å². The summed E-state index contributed by atoms with van der Waals surface area (Å²) in [6.45, 7) is 7.38. The van der Waals surface area contributed by atoms with E-state index in [-0.39, 0.29) is 5.91 Å². The fourth-order valence-corrected chi connectivity index (χ4v) is 5.09. The van der Waals surface area contributed by atoms with Crippen molar-refractivity contribution in [2.45, 2.75) is 13.8 Å². The third-order valence-electron chi connectivity index (χ3n) is 6.95. The zero-order chi connectivity index (χ0) is 25.8. The second-order valence-corrected chi connectivity index (χ2v) is 9.08. The van der Waals surface area contributed by atoms with Crippen LogP contribution in [0.25, 0.3) is 16.9 Å². The summed E-state index contributed by atoms with van der Waals surface area (Å²) in [4.78, 5) is 18.1. The Bertz CT molecular complexity index is 1370. The van der Waals surface area contributed by atoms with Gasteiger partial charge in [0.1, 0.15) is 11.5 Å². The van der Waals surface area contributed by atoms with Gasteiger partial charge in [-0.1, -0.05) is 54.6 Å². The molecule has 0 N–H and O–H groups in total. The van der Waals surface area contributed by atoms with Crippen LogP contribution in [0.5, 0.6) is 11.5 Å². The normalized spacial score (nSPS) is 13.5. The highest BCUT2D eigenvalue weighted by molar-refractivity contribution is 5.97. The van der Waals surface area contributed by atoms with Crippen LogP contribution in [0.4, 0.5) is 5.69 Å². The standard InChI is InChI=1S/C31H33N3O3/c1-4-37-30-17-11-9-15-27(30)34-23(2)25(22-28(34)24-12-6-5-7-13-24)31(35)33-20-18-32(19-21-33)26-14-8-10-16-29(26)36-3/h5-17,22H,4,18-21H2,1-3H3. The molecule has 1 aromatic heterocycles. The highest BCUT2D eigenvalue weighted by Gasteiger charge is 2.28. The molecule has 0 bridgehead atoms. The van der Waals surface area contributed by atoms with Crippen molar-refractivity contribution >= 4 is 11.6 Å². The highest BCUT2D eigenvalue weighted by atomic mass is 16.5. The van der Waals surface area contributed by atoms with Crippen molar-refractivity contribution in [2.24, 2.45) is 0 Å². The first-order valence-corrected chi connectivity index (χ1v) is 12.8. The van der Waals surface area contributed by atoms with Crippen LogP contribution in [-0.4, -0.2) is 55.3 Å². The molecule has 6 heteroatoms. The number of nitrogens with zero attached hydrogens (tertiary/aromatic N) is 3. The van der Waals surface area contributed by atoms with Crippen LogP contribution in [0.15, 0.2) is 84.9 Å². The SMILES string of the molecule is CCOc1ccccc1-n1c(-c2ccccc2)cc(C(=O)N2CCN(c3ccccc3OC)CC2)c1C. The first kappa shape index (κ1) is 24.5. The zero-order valence-electron chi connectivity index (χ0n) is 21.7. The lowest BCUT2D eigenvalue weighted by Crippen LogP contribution is -2.49. The van der Waals surface area contributed by atoms with Crippen molar-refractivity contribution in [2.75, 3.05) is 44.8 Å². The molecule has 0 radical (unpaired) electrons. The van der Waals surface area contributed by atoms with Crippen LogP contribution >= 0.6 is 0 Å². The van der Waals surface area contributed by atoms with E-state index < -0.39 is 0 Å². The summed E-state index contributed by atoms with van der Waals surface area (Å²) in [6, 6.07) is 28.3. The van der Waals surface area contributed by atoms with Crippen LogP contribution in [0.3, 0.4) is 0 Å². The minimum absolute atomic E-state index is 0.0574. The molecule has 6 nitrogen and oxygen atoms in total. The molecule has 190 valence electrons. The minimum atomic E-state index is 0.0574. The van der Waals surface area contributed by atoms with Crippen molar-refractivity contribution in [3.63, 3.8) is 0 Å². The van der Waals surface area contributed by atoms with Crippen molar-refractivity contribution in [3.8, 4) is 28.4 Å². The number of aromatic nitrogens is 1. The first-order valence-electron chi connectivity index (χ1n) is 12.8. The van der Waals surface area contributed by atoms with E-state index in [9.17, 15) is 4.79 Å². The maximum atomic E-state index is 13.9. The van der Waals surface area contributed by atoms with Crippen molar-refractivity contribution in [3.05, 3.63) is 96.2 Å². The number of hydrogen-bond donors (Lipinski definition) is 0. The van der Waals surface area contributed by atoms with Gasteiger partial charge in [-0.2, -0.15) is 0 Å². The Labute approximate surface area is 218 Å². The van der Waals surface area contributed by atoms with Crippen LogP contribution in [-0.2, 0) is 0 Å². The fourth-order valence-electron chi connectivity index (χ4n) is 5.09. The molecule has 0 spiro atoms. The Morgan fingerprint density at radius 1 is 0.811 bits per heavy atom. The lowest BCUT2D eigenvalue weighted by atomic mass is 10.1. The van der Waals surface area contributed by atoms with Gasteiger partial charge in [0, 0.05) is 31.9 Å². The topological polar surface area (TPSA) is 46.9 Å². The fraction of sp³-hybridized carbons (Fsp3) is 0.258. The molecule has 1 saturated heterocycles. The average Bonchev–Trinajstić information content (AvgIpc) is 3.30. The van der Waals surface area contributed by atoms with E-state index in [0.717, 1.165) is 58.5 Å². The van der Waals surface area contributed by atoms with Gasteiger partial charge in [-0.3, -0.25) is 4.79 Å². The molecule has 3 aromatic carbocycles. The van der Waals surface area contributed by atoms with Gasteiger partial charge in [0.05, 0.1) is 36.3 Å². The number of benzene rings is 3. The molecule has 1 fully saturated rings. The Morgan fingerprint density at radius 3 is 2.11 bits per heavy atom. The van der Waals surface area contributed by atoms with Gasteiger partial charge in [0.15, 0.2) is 0 Å². The number of piperazine rings is 1. The molecule has 37 heavy (non-hydrogen) atoms. The Balaban J connectivity index is 1.47. The maximum absolute atomic E-state index is 13.9. The molecule has 2 heterocycles. The number of ether oxygens (including phenoxy) is 2. The number of para-hydroxylation sites is 4. The van der Waals surface area contributed by atoms with Gasteiger partial charge in [0.25, 0.3) is 5.91 Å². The van der Waals surface area contributed by atoms with Crippen LogP contribution < -0.4 is 14.4 Å². The van der Waals surface area contributed by atoms with E-state index in [0.29, 0.717) is 19.7 Å². The molecule has 1 aliphatic heterocycles. The number of carbonyl (C=O) groups is 1. The van der Waals surface area contributed by atoms with Crippen LogP contribution in [0, 0.1) is 6.92 Å². The number of amides is 1. The van der Waals surface area contributed by atoms with Crippen LogP contribution in [0.1, 0.15) is 23.0 Å². The van der Waals surface area contributed by atoms with E-state index >= 15 is 0 Å². The van der Waals surface area contributed by atoms with Gasteiger partial charge >= 0.3 is 0 Å². The number of anilines is 1. The maximum Gasteiger partial charge on any atom is 0.255 e. The molecular formula is C31H33N3O3. The van der Waals surface area contributed by atoms with Gasteiger partial charge in [-0.15, -0.1) is 0 Å². The molecule has 5 rings (SSSR count). The quantitative estimate of drug-likeness (QED) is 0.324. The summed E-state index contributed by atoms with van der Waals surface area (Å²) >= 11 is 0. The molecule has 0 aliphatic carbocycles. The zero-order valence-corrected chi connectivity index (χ0v) is 21.7. The van der Waals surface area contributed by atoms with E-state index in [1.807, 2.05) is 85.5 Å². The van der Waals surface area contributed by atoms with Gasteiger partial charge in [-0.25, -0.2) is 0 Å². The van der Waals surface area contributed by atoms with E-state index in [4.69, 9.17) is 9.47 Å². The third kappa shape index (κ3) is 4.79. The molecular weight excluding hydrogens is 462 g/mol. The number of rotatable bonds is 7. The summed E-state index contributed by atoms with van der Waals surface area (Å²) < 4.78 is 13.7. The van der Waals surface area contributed by atoms with Crippen molar-refractivity contribution < 1.29 is 14.3 Å². The molecule has 4 aromatic rings. The van der Waals surface area contributed by atoms with Crippen molar-refractivity contribution in [1.82, 2.24) is 9.47 Å². The monoisotopic (exact) mass is 495 g/mol. The first-order chi connectivity index (χ1) is 18.1. The Morgan fingerprint density at radius 2 is 1.43 bits per heavy atom.